The Labute approximate surface area is 106 Å². The fourth-order valence-electron chi connectivity index (χ4n) is 1.77. The zero-order valence-corrected chi connectivity index (χ0v) is 10.3. The van der Waals surface area contributed by atoms with Gasteiger partial charge in [-0.15, -0.1) is 0 Å². The molecule has 0 aromatic heterocycles. The van der Waals surface area contributed by atoms with E-state index in [2.05, 4.69) is 15.9 Å². The van der Waals surface area contributed by atoms with Crippen LogP contribution in [0.4, 0.5) is 5.69 Å². The monoisotopic (exact) mass is 299 g/mol. The molecule has 1 aliphatic rings. The summed E-state index contributed by atoms with van der Waals surface area (Å²) in [6, 6.07) is 3.89. The lowest BCUT2D eigenvalue weighted by atomic mass is 10.1. The molecule has 0 saturated carbocycles. The number of phenolic OH excluding ortho intramolecular Hbond substituents is 1. The molecule has 2 rings (SSSR count). The first-order valence-corrected chi connectivity index (χ1v) is 5.91. The first-order valence-electron chi connectivity index (χ1n) is 5.00. The Morgan fingerprint density at radius 1 is 1.47 bits per heavy atom. The maximum absolute atomic E-state index is 11.7. The van der Waals surface area contributed by atoms with Crippen molar-refractivity contribution in [3.8, 4) is 5.75 Å². The predicted octanol–water partition coefficient (Wildman–Crippen LogP) is 1.59. The highest BCUT2D eigenvalue weighted by Gasteiger charge is 2.30. The maximum Gasteiger partial charge on any atom is 0.335 e. The van der Waals surface area contributed by atoms with Crippen LogP contribution in [0.2, 0.25) is 0 Å². The fraction of sp³-hybridized carbons (Fsp3) is 0.273. The largest absolute Gasteiger partial charge is 0.506 e. The van der Waals surface area contributed by atoms with Crippen LogP contribution in [0.25, 0.3) is 0 Å². The molecule has 1 heterocycles. The van der Waals surface area contributed by atoms with E-state index in [-0.39, 0.29) is 27.7 Å². The van der Waals surface area contributed by atoms with Crippen LogP contribution < -0.4 is 4.90 Å². The average Bonchev–Trinajstić information content (AvgIpc) is 2.58. The minimum atomic E-state index is -1.09. The second-order valence-electron chi connectivity index (χ2n) is 3.81. The molecular formula is C11H10BrNO4. The number of carboxylic acids is 1. The Morgan fingerprint density at radius 3 is 2.71 bits per heavy atom. The second-order valence-corrected chi connectivity index (χ2v) is 5.11. The Bertz CT molecular complexity index is 488. The number of carbonyl (C=O) groups excluding carboxylic acids is 1. The third kappa shape index (κ3) is 2.26. The molecule has 0 aliphatic carbocycles. The Balaban J connectivity index is 2.41. The topological polar surface area (TPSA) is 77.8 Å². The van der Waals surface area contributed by atoms with Crippen molar-refractivity contribution < 1.29 is 19.8 Å². The van der Waals surface area contributed by atoms with E-state index < -0.39 is 5.97 Å². The van der Waals surface area contributed by atoms with Crippen LogP contribution in [-0.4, -0.2) is 33.5 Å². The minimum Gasteiger partial charge on any atom is -0.506 e. The van der Waals surface area contributed by atoms with Crippen molar-refractivity contribution in [1.82, 2.24) is 0 Å². The molecule has 0 bridgehead atoms. The van der Waals surface area contributed by atoms with Gasteiger partial charge in [0.2, 0.25) is 5.91 Å². The van der Waals surface area contributed by atoms with Crippen molar-refractivity contribution in [2.75, 3.05) is 11.4 Å². The van der Waals surface area contributed by atoms with Crippen molar-refractivity contribution in [3.63, 3.8) is 0 Å². The van der Waals surface area contributed by atoms with Crippen LogP contribution in [0.15, 0.2) is 18.2 Å². The van der Waals surface area contributed by atoms with Crippen molar-refractivity contribution in [2.24, 2.45) is 0 Å². The second kappa shape index (κ2) is 4.37. The van der Waals surface area contributed by atoms with Gasteiger partial charge >= 0.3 is 5.97 Å². The molecule has 1 fully saturated rings. The van der Waals surface area contributed by atoms with Gasteiger partial charge in [-0.25, -0.2) is 4.79 Å². The van der Waals surface area contributed by atoms with Gasteiger partial charge in [0.15, 0.2) is 0 Å². The van der Waals surface area contributed by atoms with Gasteiger partial charge in [0.1, 0.15) is 5.75 Å². The van der Waals surface area contributed by atoms with E-state index in [0.29, 0.717) is 13.0 Å². The number of alkyl halides is 1. The van der Waals surface area contributed by atoms with Crippen molar-refractivity contribution in [1.29, 1.82) is 0 Å². The molecule has 1 atom stereocenters. The molecule has 5 nitrogen and oxygen atoms in total. The van der Waals surface area contributed by atoms with Crippen molar-refractivity contribution in [2.45, 2.75) is 11.2 Å². The van der Waals surface area contributed by atoms with Gasteiger partial charge in [0, 0.05) is 17.8 Å². The Kier molecular flexibility index (Phi) is 3.06. The number of hydrogen-bond acceptors (Lipinski definition) is 3. The standard InChI is InChI=1S/C11H10BrNO4/c12-7-4-10(15)13(5-7)8-3-6(11(16)17)1-2-9(8)14/h1-3,7,14H,4-5H2,(H,16,17). The van der Waals surface area contributed by atoms with Gasteiger partial charge in [-0.1, -0.05) is 15.9 Å². The Hall–Kier alpha value is -1.56. The highest BCUT2D eigenvalue weighted by Crippen LogP contribution is 2.33. The molecule has 1 aromatic carbocycles. The zero-order chi connectivity index (χ0) is 12.6. The number of amides is 1. The van der Waals surface area contributed by atoms with Gasteiger partial charge < -0.3 is 15.1 Å². The smallest absolute Gasteiger partial charge is 0.335 e. The van der Waals surface area contributed by atoms with Gasteiger partial charge in [0.25, 0.3) is 0 Å². The quantitative estimate of drug-likeness (QED) is 0.813. The lowest BCUT2D eigenvalue weighted by molar-refractivity contribution is -0.117. The van der Waals surface area contributed by atoms with Gasteiger partial charge in [0.05, 0.1) is 11.3 Å². The molecule has 0 spiro atoms. The SMILES string of the molecule is O=C(O)c1ccc(O)c(N2CC(Br)CC2=O)c1. The van der Waals surface area contributed by atoms with Crippen LogP contribution >= 0.6 is 15.9 Å². The Morgan fingerprint density at radius 2 is 2.18 bits per heavy atom. The first-order chi connectivity index (χ1) is 7.99. The fourth-order valence-corrected chi connectivity index (χ4v) is 2.34. The highest BCUT2D eigenvalue weighted by atomic mass is 79.9. The van der Waals surface area contributed by atoms with E-state index in [1.54, 1.807) is 0 Å². The minimum absolute atomic E-state index is 0.0304. The number of carbonyl (C=O) groups is 2. The molecule has 6 heteroatoms. The number of halogens is 1. The van der Waals surface area contributed by atoms with Crippen LogP contribution in [0.1, 0.15) is 16.8 Å². The predicted molar refractivity (Wildman–Crippen MR) is 64.8 cm³/mol. The summed E-state index contributed by atoms with van der Waals surface area (Å²) in [4.78, 5) is 23.9. The number of anilines is 1. The number of aromatic carboxylic acids is 1. The van der Waals surface area contributed by atoms with E-state index in [0.717, 1.165) is 0 Å². The summed E-state index contributed by atoms with van der Waals surface area (Å²) in [6.45, 7) is 0.426. The molecule has 1 aliphatic heterocycles. The lowest BCUT2D eigenvalue weighted by Crippen LogP contribution is -2.24. The van der Waals surface area contributed by atoms with Crippen molar-refractivity contribution in [3.05, 3.63) is 23.8 Å². The molecule has 2 N–H and O–H groups in total. The molecule has 90 valence electrons. The number of carboxylic acid groups (broad SMARTS) is 1. The third-order valence-electron chi connectivity index (χ3n) is 2.59. The number of hydrogen-bond donors (Lipinski definition) is 2. The molecule has 1 aromatic rings. The van der Waals surface area contributed by atoms with Crippen LogP contribution in [0.3, 0.4) is 0 Å². The van der Waals surface area contributed by atoms with Crippen LogP contribution in [-0.2, 0) is 4.79 Å². The number of benzene rings is 1. The molecular weight excluding hydrogens is 290 g/mol. The average molecular weight is 300 g/mol. The summed E-state index contributed by atoms with van der Waals surface area (Å²) in [7, 11) is 0. The normalized spacial score (nSPS) is 19.7. The molecule has 1 amide bonds. The summed E-state index contributed by atoms with van der Waals surface area (Å²) < 4.78 is 0. The number of phenols is 1. The lowest BCUT2D eigenvalue weighted by Gasteiger charge is -2.17. The van der Waals surface area contributed by atoms with Gasteiger partial charge in [-0.3, -0.25) is 4.79 Å². The van der Waals surface area contributed by atoms with Gasteiger partial charge in [-0.05, 0) is 18.2 Å². The van der Waals surface area contributed by atoms with E-state index in [1.807, 2.05) is 0 Å². The summed E-state index contributed by atoms with van der Waals surface area (Å²) in [6.07, 6.45) is 0.344. The summed E-state index contributed by atoms with van der Waals surface area (Å²) in [5, 5.41) is 18.5. The summed E-state index contributed by atoms with van der Waals surface area (Å²) in [5.74, 6) is -1.32. The summed E-state index contributed by atoms with van der Waals surface area (Å²) >= 11 is 3.33. The molecule has 17 heavy (non-hydrogen) atoms. The van der Waals surface area contributed by atoms with Gasteiger partial charge in [-0.2, -0.15) is 0 Å². The van der Waals surface area contributed by atoms with E-state index in [1.165, 1.54) is 23.1 Å². The van der Waals surface area contributed by atoms with E-state index in [4.69, 9.17) is 5.11 Å². The maximum atomic E-state index is 11.7. The molecule has 0 radical (unpaired) electrons. The van der Waals surface area contributed by atoms with E-state index >= 15 is 0 Å². The zero-order valence-electron chi connectivity index (χ0n) is 8.76. The highest BCUT2D eigenvalue weighted by molar-refractivity contribution is 9.09. The number of aromatic hydroxyl groups is 1. The number of nitrogens with zero attached hydrogens (tertiary/aromatic N) is 1. The number of rotatable bonds is 2. The van der Waals surface area contributed by atoms with Crippen molar-refractivity contribution >= 4 is 33.5 Å². The first kappa shape index (κ1) is 11.9. The van der Waals surface area contributed by atoms with E-state index in [9.17, 15) is 14.7 Å². The van der Waals surface area contributed by atoms with Crippen LogP contribution in [0.5, 0.6) is 5.75 Å². The van der Waals surface area contributed by atoms with Crippen LogP contribution in [0, 0.1) is 0 Å². The molecule has 1 unspecified atom stereocenters. The summed E-state index contributed by atoms with van der Waals surface area (Å²) in [5.41, 5.74) is 0.292. The molecule has 1 saturated heterocycles. The third-order valence-corrected chi connectivity index (χ3v) is 3.20.